The number of allylic oxidation sites excluding steroid dienone is 4. The van der Waals surface area contributed by atoms with Gasteiger partial charge in [-0.25, -0.2) is 0 Å². The Balaban J connectivity index is 0.863. The zero-order chi connectivity index (χ0) is 41.7. The third-order valence-corrected chi connectivity index (χ3v) is 13.3. The molecular formula is C61H43NO. The molecule has 0 saturated carbocycles. The SMILES string of the molecule is C1=C(c2ccc(N(c3ccccc3)c3ccc(-c4ccc5c(c4)C(c4ccccc4)(c4ccccc4)c4ccccc4-5)cc3)cc2)CCC(c2ccc3c(c2)oc2ccccc23)=C1. The van der Waals surface area contributed by atoms with Crippen molar-refractivity contribution in [2.45, 2.75) is 18.3 Å². The van der Waals surface area contributed by atoms with Crippen molar-refractivity contribution < 1.29 is 4.42 Å². The van der Waals surface area contributed by atoms with Crippen LogP contribution in [0.15, 0.2) is 241 Å². The van der Waals surface area contributed by atoms with Crippen molar-refractivity contribution in [2.75, 3.05) is 4.90 Å². The molecule has 2 aliphatic carbocycles. The molecule has 298 valence electrons. The van der Waals surface area contributed by atoms with E-state index in [-0.39, 0.29) is 0 Å². The summed E-state index contributed by atoms with van der Waals surface area (Å²) in [6.07, 6.45) is 6.56. The second kappa shape index (κ2) is 15.2. The molecule has 0 radical (unpaired) electrons. The van der Waals surface area contributed by atoms with Crippen LogP contribution in [-0.4, -0.2) is 0 Å². The second-order valence-corrected chi connectivity index (χ2v) is 16.7. The van der Waals surface area contributed by atoms with Gasteiger partial charge in [0.1, 0.15) is 11.2 Å². The van der Waals surface area contributed by atoms with Crippen LogP contribution in [0.3, 0.4) is 0 Å². The lowest BCUT2D eigenvalue weighted by Gasteiger charge is -2.34. The quantitative estimate of drug-likeness (QED) is 0.152. The number of nitrogens with zero attached hydrogens (tertiary/aromatic N) is 1. The molecule has 9 aromatic carbocycles. The van der Waals surface area contributed by atoms with Gasteiger partial charge in [0.25, 0.3) is 0 Å². The van der Waals surface area contributed by atoms with E-state index in [1.807, 2.05) is 12.1 Å². The van der Waals surface area contributed by atoms with Crippen LogP contribution in [0, 0.1) is 0 Å². The van der Waals surface area contributed by atoms with Crippen molar-refractivity contribution in [3.8, 4) is 22.3 Å². The highest BCUT2D eigenvalue weighted by molar-refractivity contribution is 6.05. The van der Waals surface area contributed by atoms with Crippen LogP contribution in [0.1, 0.15) is 46.2 Å². The summed E-state index contributed by atoms with van der Waals surface area (Å²) in [4.78, 5) is 2.35. The van der Waals surface area contributed by atoms with Crippen LogP contribution >= 0.6 is 0 Å². The Morgan fingerprint density at radius 2 is 0.857 bits per heavy atom. The summed E-state index contributed by atoms with van der Waals surface area (Å²) in [7, 11) is 0. The average molecular weight is 806 g/mol. The molecule has 0 aliphatic heterocycles. The highest BCUT2D eigenvalue weighted by atomic mass is 16.3. The molecule has 0 atom stereocenters. The highest BCUT2D eigenvalue weighted by Crippen LogP contribution is 2.56. The van der Waals surface area contributed by atoms with Crippen LogP contribution in [0.4, 0.5) is 17.1 Å². The molecule has 0 spiro atoms. The first kappa shape index (κ1) is 36.9. The van der Waals surface area contributed by atoms with Crippen molar-refractivity contribution in [1.82, 2.24) is 0 Å². The standard InChI is InChI=1S/C61H43NO/c1-4-14-48(15-5-1)61(49-16-6-2-7-17-49)57-22-12-10-20-53(57)54-38-32-46(40-58(54)61)45-30-36-52(37-31-45)62(50-18-8-3-9-19-50)51-34-28-43(29-35-51)42-24-26-44(27-25-42)47-33-39-56-55-21-11-13-23-59(55)63-60(56)41-47/h1-24,26,28-41H,25,27H2. The van der Waals surface area contributed by atoms with Gasteiger partial charge in [-0.1, -0.05) is 176 Å². The van der Waals surface area contributed by atoms with Crippen LogP contribution < -0.4 is 4.90 Å². The van der Waals surface area contributed by atoms with E-state index in [4.69, 9.17) is 4.42 Å². The maximum atomic E-state index is 6.21. The Morgan fingerprint density at radius 3 is 1.54 bits per heavy atom. The Morgan fingerprint density at radius 1 is 0.349 bits per heavy atom. The summed E-state index contributed by atoms with van der Waals surface area (Å²) in [6.45, 7) is 0. The highest BCUT2D eigenvalue weighted by Gasteiger charge is 2.46. The lowest BCUT2D eigenvalue weighted by atomic mass is 9.67. The molecule has 1 aromatic heterocycles. The van der Waals surface area contributed by atoms with Crippen LogP contribution in [-0.2, 0) is 5.41 Å². The van der Waals surface area contributed by atoms with Gasteiger partial charge in [-0.15, -0.1) is 0 Å². The van der Waals surface area contributed by atoms with Gasteiger partial charge in [-0.05, 0) is 140 Å². The van der Waals surface area contributed by atoms with E-state index in [1.165, 1.54) is 77.6 Å². The lowest BCUT2D eigenvalue weighted by molar-refractivity contribution is 0.669. The summed E-state index contributed by atoms with van der Waals surface area (Å²) >= 11 is 0. The topological polar surface area (TPSA) is 16.4 Å². The maximum Gasteiger partial charge on any atom is 0.136 e. The smallest absolute Gasteiger partial charge is 0.136 e. The summed E-state index contributed by atoms with van der Waals surface area (Å²) in [6, 6.07) is 81.8. The predicted molar refractivity (Wildman–Crippen MR) is 263 cm³/mol. The van der Waals surface area contributed by atoms with Crippen molar-refractivity contribution >= 4 is 50.1 Å². The van der Waals surface area contributed by atoms with E-state index in [9.17, 15) is 0 Å². The minimum absolute atomic E-state index is 0.432. The first-order chi connectivity index (χ1) is 31.2. The van der Waals surface area contributed by atoms with Gasteiger partial charge in [0.2, 0.25) is 0 Å². The van der Waals surface area contributed by atoms with Gasteiger partial charge in [-0.3, -0.25) is 0 Å². The fourth-order valence-corrected chi connectivity index (χ4v) is 10.3. The third-order valence-electron chi connectivity index (χ3n) is 13.3. The molecule has 63 heavy (non-hydrogen) atoms. The minimum atomic E-state index is -0.432. The van der Waals surface area contributed by atoms with E-state index < -0.39 is 5.41 Å². The number of furan rings is 1. The number of hydrogen-bond donors (Lipinski definition) is 0. The van der Waals surface area contributed by atoms with E-state index in [0.29, 0.717) is 0 Å². The second-order valence-electron chi connectivity index (χ2n) is 16.7. The Kier molecular flexibility index (Phi) is 8.90. The van der Waals surface area contributed by atoms with Gasteiger partial charge in [-0.2, -0.15) is 0 Å². The van der Waals surface area contributed by atoms with E-state index in [2.05, 4.69) is 229 Å². The molecule has 0 fully saturated rings. The van der Waals surface area contributed by atoms with Gasteiger partial charge in [0.05, 0.1) is 5.41 Å². The Bertz CT molecular complexity index is 3320. The number of anilines is 3. The van der Waals surface area contributed by atoms with Crippen LogP contribution in [0.25, 0.3) is 55.3 Å². The van der Waals surface area contributed by atoms with Crippen molar-refractivity contribution in [3.63, 3.8) is 0 Å². The molecule has 0 saturated heterocycles. The molecule has 2 heteroatoms. The molecule has 12 rings (SSSR count). The summed E-state index contributed by atoms with van der Waals surface area (Å²) in [5.41, 5.74) is 20.1. The first-order valence-corrected chi connectivity index (χ1v) is 22.0. The fourth-order valence-electron chi connectivity index (χ4n) is 10.3. The monoisotopic (exact) mass is 805 g/mol. The van der Waals surface area contributed by atoms with Crippen molar-refractivity contribution in [1.29, 1.82) is 0 Å². The zero-order valence-corrected chi connectivity index (χ0v) is 34.8. The van der Waals surface area contributed by atoms with Gasteiger partial charge in [0, 0.05) is 27.8 Å². The van der Waals surface area contributed by atoms with E-state index in [0.717, 1.165) is 41.1 Å². The Hall–Kier alpha value is -7.94. The molecular weight excluding hydrogens is 763 g/mol. The summed E-state index contributed by atoms with van der Waals surface area (Å²) in [5, 5.41) is 2.34. The van der Waals surface area contributed by atoms with Crippen LogP contribution in [0.5, 0.6) is 0 Å². The molecule has 10 aromatic rings. The molecule has 0 N–H and O–H groups in total. The number of benzene rings is 9. The number of hydrogen-bond acceptors (Lipinski definition) is 2. The lowest BCUT2D eigenvalue weighted by Crippen LogP contribution is -2.28. The molecule has 1 heterocycles. The molecule has 2 nitrogen and oxygen atoms in total. The minimum Gasteiger partial charge on any atom is -0.456 e. The zero-order valence-electron chi connectivity index (χ0n) is 34.8. The van der Waals surface area contributed by atoms with E-state index >= 15 is 0 Å². The predicted octanol–water partition coefficient (Wildman–Crippen LogP) is 16.3. The molecule has 0 unspecified atom stereocenters. The normalized spacial score (nSPS) is 13.9. The number of para-hydroxylation sites is 2. The van der Waals surface area contributed by atoms with Crippen molar-refractivity contribution in [3.05, 3.63) is 270 Å². The molecule has 2 aliphatic rings. The van der Waals surface area contributed by atoms with E-state index in [1.54, 1.807) is 0 Å². The van der Waals surface area contributed by atoms with Gasteiger partial charge >= 0.3 is 0 Å². The number of rotatable bonds is 8. The van der Waals surface area contributed by atoms with Crippen molar-refractivity contribution in [2.24, 2.45) is 0 Å². The Labute approximate surface area is 368 Å². The molecule has 0 bridgehead atoms. The third kappa shape index (κ3) is 6.17. The maximum absolute atomic E-state index is 6.21. The fraction of sp³-hybridized carbons (Fsp3) is 0.0492. The summed E-state index contributed by atoms with van der Waals surface area (Å²) in [5.74, 6) is 0. The van der Waals surface area contributed by atoms with Gasteiger partial charge < -0.3 is 9.32 Å². The van der Waals surface area contributed by atoms with Gasteiger partial charge in [0.15, 0.2) is 0 Å². The summed E-state index contributed by atoms with van der Waals surface area (Å²) < 4.78 is 6.21. The molecule has 0 amide bonds. The largest absolute Gasteiger partial charge is 0.456 e. The average Bonchev–Trinajstić information content (AvgIpc) is 3.89. The first-order valence-electron chi connectivity index (χ1n) is 22.0. The van der Waals surface area contributed by atoms with Crippen LogP contribution in [0.2, 0.25) is 0 Å². The number of fused-ring (bicyclic) bond motifs is 6.